The number of hydrogen-bond acceptors (Lipinski definition) is 8. The Labute approximate surface area is 243 Å². The van der Waals surface area contributed by atoms with Gasteiger partial charge in [-0.15, -0.1) is 11.3 Å². The number of hydrogen-bond donors (Lipinski definition) is 1. The second-order valence-electron chi connectivity index (χ2n) is 11.4. The molecule has 0 spiro atoms. The fourth-order valence-electron chi connectivity index (χ4n) is 6.05. The van der Waals surface area contributed by atoms with Crippen molar-refractivity contribution in [2.24, 2.45) is 0 Å². The number of anilines is 1. The highest BCUT2D eigenvalue weighted by molar-refractivity contribution is 7.19. The molecule has 0 bridgehead atoms. The summed E-state index contributed by atoms with van der Waals surface area (Å²) in [4.78, 5) is 31.6. The number of thiophene rings is 1. The number of rotatable bonds is 4. The fraction of sp³-hybridized carbons (Fsp3) is 0.387. The highest BCUT2D eigenvalue weighted by atomic mass is 32.1. The predicted octanol–water partition coefficient (Wildman–Crippen LogP) is 4.68. The summed E-state index contributed by atoms with van der Waals surface area (Å²) in [6.45, 7) is 8.73. The molecule has 4 aromatic rings. The van der Waals surface area contributed by atoms with Gasteiger partial charge in [0.2, 0.25) is 0 Å². The number of carbonyl (C=O) groups is 1. The molecular formula is C31H34N6O3S. The molecule has 41 heavy (non-hydrogen) atoms. The van der Waals surface area contributed by atoms with E-state index in [1.807, 2.05) is 13.1 Å². The van der Waals surface area contributed by atoms with Crippen molar-refractivity contribution >= 4 is 33.7 Å². The molecule has 2 aliphatic rings. The minimum Gasteiger partial charge on any atom is -0.483 e. The largest absolute Gasteiger partial charge is 0.483 e. The molecule has 5 heterocycles. The molecule has 1 aromatic carbocycles. The molecule has 0 amide bonds. The van der Waals surface area contributed by atoms with E-state index in [1.165, 1.54) is 15.9 Å². The Morgan fingerprint density at radius 2 is 2.02 bits per heavy atom. The quantitative estimate of drug-likeness (QED) is 0.352. The van der Waals surface area contributed by atoms with Gasteiger partial charge in [-0.05, 0) is 82.5 Å². The molecule has 0 radical (unpaired) electrons. The Balaban J connectivity index is 0.00000108. The third kappa shape index (κ3) is 5.60. The van der Waals surface area contributed by atoms with Gasteiger partial charge in [-0.3, -0.25) is 19.5 Å². The summed E-state index contributed by atoms with van der Waals surface area (Å²) in [6.07, 6.45) is 6.75. The van der Waals surface area contributed by atoms with E-state index in [1.54, 1.807) is 23.6 Å². The average molecular weight is 571 g/mol. The molecule has 9 nitrogen and oxygen atoms in total. The fourth-order valence-corrected chi connectivity index (χ4v) is 7.17. The van der Waals surface area contributed by atoms with Gasteiger partial charge in [0.15, 0.2) is 0 Å². The molecule has 6 rings (SSSR count). The average Bonchev–Trinajstić information content (AvgIpc) is 3.48. The van der Waals surface area contributed by atoms with Crippen LogP contribution in [0.1, 0.15) is 48.3 Å². The monoisotopic (exact) mass is 570 g/mol. The summed E-state index contributed by atoms with van der Waals surface area (Å²) in [6, 6.07) is 12.7. The SMILES string of the molecule is Cc1cnn(Cc2cc3nccc(-c4cc(C#N)cc5c4N([C@@H]4CN(C)C(C)(C)C4)CCC5)c3s2)c(=O)c1.O=CO. The smallest absolute Gasteiger partial charge is 0.290 e. The highest BCUT2D eigenvalue weighted by Crippen LogP contribution is 2.45. The van der Waals surface area contributed by atoms with Crippen LogP contribution in [0, 0.1) is 18.3 Å². The molecule has 3 aromatic heterocycles. The van der Waals surface area contributed by atoms with E-state index in [0.29, 0.717) is 18.2 Å². The van der Waals surface area contributed by atoms with Gasteiger partial charge in [-0.1, -0.05) is 0 Å². The van der Waals surface area contributed by atoms with E-state index in [9.17, 15) is 10.1 Å². The van der Waals surface area contributed by atoms with E-state index in [2.05, 4.69) is 71.1 Å². The number of fused-ring (bicyclic) bond motifs is 2. The molecule has 0 saturated carbocycles. The van der Waals surface area contributed by atoms with Crippen LogP contribution in [-0.4, -0.2) is 63.0 Å². The Kier molecular flexibility index (Phi) is 7.93. The standard InChI is InChI=1S/C30H32N6OS.CH2O2/c1-19-10-27(37)36(33-16-19)18-23-13-26-29(38-23)24(7-8-32-26)25-12-20(15-31)11-21-6-5-9-35(28(21)25)22-14-30(2,3)34(4)17-22;2-1-3/h7-8,10-13,16,22H,5-6,9,14,17-18H2,1-4H3;1H,(H,2,3)/t22-;/m0./s1. The Bertz CT molecular complexity index is 1700. The van der Waals surface area contributed by atoms with Crippen LogP contribution >= 0.6 is 11.3 Å². The molecule has 0 aliphatic carbocycles. The number of benzene rings is 1. The van der Waals surface area contributed by atoms with Crippen molar-refractivity contribution in [3.05, 3.63) is 74.6 Å². The van der Waals surface area contributed by atoms with E-state index in [4.69, 9.17) is 9.90 Å². The van der Waals surface area contributed by atoms with E-state index in [-0.39, 0.29) is 17.6 Å². The normalized spacial score (nSPS) is 17.9. The first-order chi connectivity index (χ1) is 19.6. The third-order valence-corrected chi connectivity index (χ3v) is 9.35. The number of carboxylic acid groups (broad SMARTS) is 1. The maximum Gasteiger partial charge on any atom is 0.290 e. The van der Waals surface area contributed by atoms with Crippen molar-refractivity contribution in [1.29, 1.82) is 5.26 Å². The van der Waals surface area contributed by atoms with Crippen molar-refractivity contribution in [2.45, 2.75) is 58.2 Å². The molecule has 2 aliphatic heterocycles. The van der Waals surface area contributed by atoms with Crippen molar-refractivity contribution in [3.8, 4) is 17.2 Å². The molecule has 0 unspecified atom stereocenters. The summed E-state index contributed by atoms with van der Waals surface area (Å²) in [7, 11) is 2.22. The Hall–Kier alpha value is -4.07. The van der Waals surface area contributed by atoms with Gasteiger partial charge >= 0.3 is 0 Å². The third-order valence-electron chi connectivity index (χ3n) is 8.21. The van der Waals surface area contributed by atoms with Gasteiger partial charge < -0.3 is 10.0 Å². The van der Waals surface area contributed by atoms with Crippen molar-refractivity contribution in [2.75, 3.05) is 25.0 Å². The van der Waals surface area contributed by atoms with Crippen LogP contribution in [0.15, 0.2) is 47.5 Å². The van der Waals surface area contributed by atoms with Gasteiger partial charge in [-0.2, -0.15) is 10.4 Å². The van der Waals surface area contributed by atoms with Crippen LogP contribution in [0.4, 0.5) is 5.69 Å². The Morgan fingerprint density at radius 1 is 1.24 bits per heavy atom. The maximum absolute atomic E-state index is 12.5. The lowest BCUT2D eigenvalue weighted by atomic mass is 9.90. The van der Waals surface area contributed by atoms with Gasteiger partial charge in [0.05, 0.1) is 34.6 Å². The van der Waals surface area contributed by atoms with Crippen LogP contribution in [0.3, 0.4) is 0 Å². The number of likely N-dealkylation sites (N-methyl/N-ethyl adjacent to an activating group) is 1. The number of nitriles is 1. The highest BCUT2D eigenvalue weighted by Gasteiger charge is 2.40. The maximum atomic E-state index is 12.5. The summed E-state index contributed by atoms with van der Waals surface area (Å²) in [5, 5.41) is 21.1. The van der Waals surface area contributed by atoms with Crippen molar-refractivity contribution < 1.29 is 9.90 Å². The predicted molar refractivity (Wildman–Crippen MR) is 162 cm³/mol. The lowest BCUT2D eigenvalue weighted by molar-refractivity contribution is -0.122. The Morgan fingerprint density at radius 3 is 2.71 bits per heavy atom. The lowest BCUT2D eigenvalue weighted by Gasteiger charge is -2.38. The number of aryl methyl sites for hydroxylation is 2. The number of nitrogens with zero attached hydrogens (tertiary/aromatic N) is 6. The number of aromatic nitrogens is 3. The van der Waals surface area contributed by atoms with E-state index >= 15 is 0 Å². The zero-order valence-corrected chi connectivity index (χ0v) is 24.6. The van der Waals surface area contributed by atoms with Crippen molar-refractivity contribution in [1.82, 2.24) is 19.7 Å². The minimum absolute atomic E-state index is 0.105. The summed E-state index contributed by atoms with van der Waals surface area (Å²) < 4.78 is 2.57. The summed E-state index contributed by atoms with van der Waals surface area (Å²) >= 11 is 1.65. The van der Waals surface area contributed by atoms with Gasteiger partial charge in [-0.25, -0.2) is 4.68 Å². The molecule has 1 N–H and O–H groups in total. The second kappa shape index (κ2) is 11.4. The molecule has 1 atom stereocenters. The topological polar surface area (TPSA) is 115 Å². The van der Waals surface area contributed by atoms with Crippen LogP contribution in [-0.2, 0) is 17.8 Å². The van der Waals surface area contributed by atoms with Crippen LogP contribution in [0.25, 0.3) is 21.3 Å². The first-order valence-electron chi connectivity index (χ1n) is 13.7. The molecule has 1 saturated heterocycles. The zero-order valence-electron chi connectivity index (χ0n) is 23.8. The second-order valence-corrected chi connectivity index (χ2v) is 12.5. The lowest BCUT2D eigenvalue weighted by Crippen LogP contribution is -2.41. The van der Waals surface area contributed by atoms with Gasteiger partial charge in [0, 0.05) is 58.6 Å². The summed E-state index contributed by atoms with van der Waals surface area (Å²) in [5.74, 6) is 0. The first-order valence-corrected chi connectivity index (χ1v) is 14.5. The molecule has 10 heteroatoms. The van der Waals surface area contributed by atoms with Crippen LogP contribution in [0.5, 0.6) is 0 Å². The molecule has 212 valence electrons. The molecular weight excluding hydrogens is 536 g/mol. The zero-order chi connectivity index (χ0) is 29.3. The van der Waals surface area contributed by atoms with Crippen LogP contribution in [0.2, 0.25) is 0 Å². The van der Waals surface area contributed by atoms with Crippen LogP contribution < -0.4 is 10.5 Å². The van der Waals surface area contributed by atoms with E-state index in [0.717, 1.165) is 64.1 Å². The first kappa shape index (κ1) is 28.5. The summed E-state index contributed by atoms with van der Waals surface area (Å²) in [5.41, 5.74) is 7.24. The van der Waals surface area contributed by atoms with E-state index < -0.39 is 0 Å². The minimum atomic E-state index is -0.250. The molecule has 1 fully saturated rings. The van der Waals surface area contributed by atoms with Crippen molar-refractivity contribution in [3.63, 3.8) is 0 Å². The van der Waals surface area contributed by atoms with Gasteiger partial charge in [0.25, 0.3) is 12.0 Å². The number of likely N-dealkylation sites (tertiary alicyclic amines) is 1. The number of pyridine rings is 1. The van der Waals surface area contributed by atoms with Gasteiger partial charge in [0.1, 0.15) is 0 Å².